The van der Waals surface area contributed by atoms with Crippen molar-refractivity contribution < 1.29 is 4.79 Å². The van der Waals surface area contributed by atoms with E-state index >= 15 is 0 Å². The Morgan fingerprint density at radius 3 is 2.91 bits per heavy atom. The molecule has 0 radical (unpaired) electrons. The van der Waals surface area contributed by atoms with Gasteiger partial charge in [0.2, 0.25) is 5.91 Å². The minimum atomic E-state index is -0.207. The molecule has 0 aliphatic carbocycles. The number of likely N-dealkylation sites (tertiary alicyclic amines) is 1. The van der Waals surface area contributed by atoms with E-state index in [2.05, 4.69) is 11.8 Å². The molecule has 3 nitrogen and oxygen atoms in total. The lowest BCUT2D eigenvalue weighted by Gasteiger charge is -2.12. The number of hydrogen-bond donors (Lipinski definition) is 1. The highest BCUT2D eigenvalue weighted by atomic mass is 16.1. The Morgan fingerprint density at radius 2 is 2.45 bits per heavy atom. The third-order valence-electron chi connectivity index (χ3n) is 2.33. The summed E-state index contributed by atoms with van der Waals surface area (Å²) in [5, 5.41) is 0. The van der Waals surface area contributed by atoms with Crippen LogP contribution in [0.15, 0.2) is 0 Å². The highest BCUT2D eigenvalue weighted by molar-refractivity contribution is 5.75. The van der Waals surface area contributed by atoms with Gasteiger partial charge in [0, 0.05) is 6.54 Å². The van der Waals surface area contributed by atoms with Crippen LogP contribution in [0.25, 0.3) is 0 Å². The average Bonchev–Trinajstić information content (AvgIpc) is 2.34. The molecule has 11 heavy (non-hydrogen) atoms. The van der Waals surface area contributed by atoms with Gasteiger partial charge in [-0.1, -0.05) is 13.3 Å². The summed E-state index contributed by atoms with van der Waals surface area (Å²) in [4.78, 5) is 12.7. The van der Waals surface area contributed by atoms with E-state index in [4.69, 9.17) is 5.73 Å². The van der Waals surface area contributed by atoms with Gasteiger partial charge in [0.15, 0.2) is 0 Å². The zero-order valence-corrected chi connectivity index (χ0v) is 7.05. The SMILES string of the molecule is CCC1CCN(CC(N)=O)C1. The standard InChI is InChI=1S/C8H16N2O/c1-2-7-3-4-10(5-7)6-8(9)11/h7H,2-6H2,1H3,(H2,9,11). The molecule has 1 fully saturated rings. The highest BCUT2D eigenvalue weighted by Crippen LogP contribution is 2.17. The van der Waals surface area contributed by atoms with E-state index in [0.717, 1.165) is 19.0 Å². The first-order valence-electron chi connectivity index (χ1n) is 4.23. The van der Waals surface area contributed by atoms with E-state index in [1.165, 1.54) is 12.8 Å². The molecule has 1 amide bonds. The fraction of sp³-hybridized carbons (Fsp3) is 0.875. The second kappa shape index (κ2) is 3.72. The number of hydrogen-bond acceptors (Lipinski definition) is 2. The van der Waals surface area contributed by atoms with Gasteiger partial charge in [-0.15, -0.1) is 0 Å². The Labute approximate surface area is 67.5 Å². The Balaban J connectivity index is 2.24. The Kier molecular flexibility index (Phi) is 2.88. The number of nitrogens with two attached hydrogens (primary N) is 1. The number of amides is 1. The lowest BCUT2D eigenvalue weighted by atomic mass is 10.1. The second-order valence-corrected chi connectivity index (χ2v) is 3.26. The third kappa shape index (κ3) is 2.50. The molecule has 0 aromatic rings. The fourth-order valence-corrected chi connectivity index (χ4v) is 1.61. The minimum Gasteiger partial charge on any atom is -0.369 e. The van der Waals surface area contributed by atoms with Crippen LogP contribution in [0.2, 0.25) is 0 Å². The second-order valence-electron chi connectivity index (χ2n) is 3.26. The molecule has 1 unspecified atom stereocenters. The predicted octanol–water partition coefficient (Wildman–Crippen LogP) is 0.204. The van der Waals surface area contributed by atoms with E-state index in [-0.39, 0.29) is 5.91 Å². The van der Waals surface area contributed by atoms with E-state index in [1.807, 2.05) is 0 Å². The van der Waals surface area contributed by atoms with E-state index < -0.39 is 0 Å². The molecule has 0 aromatic carbocycles. The van der Waals surface area contributed by atoms with E-state index in [9.17, 15) is 4.79 Å². The molecule has 2 N–H and O–H groups in total. The molecule has 1 atom stereocenters. The van der Waals surface area contributed by atoms with Gasteiger partial charge in [0.05, 0.1) is 6.54 Å². The number of carbonyl (C=O) groups is 1. The summed E-state index contributed by atoms with van der Waals surface area (Å²) >= 11 is 0. The molecule has 3 heteroatoms. The molecule has 1 saturated heterocycles. The maximum absolute atomic E-state index is 10.5. The zero-order chi connectivity index (χ0) is 8.27. The largest absolute Gasteiger partial charge is 0.369 e. The number of rotatable bonds is 3. The summed E-state index contributed by atoms with van der Waals surface area (Å²) in [6.07, 6.45) is 2.44. The topological polar surface area (TPSA) is 46.3 Å². The summed E-state index contributed by atoms with van der Waals surface area (Å²) < 4.78 is 0. The summed E-state index contributed by atoms with van der Waals surface area (Å²) in [6, 6.07) is 0. The number of carbonyl (C=O) groups excluding carboxylic acids is 1. The lowest BCUT2D eigenvalue weighted by Crippen LogP contribution is -2.31. The van der Waals surface area contributed by atoms with Crippen molar-refractivity contribution in [3.63, 3.8) is 0 Å². The number of primary amides is 1. The van der Waals surface area contributed by atoms with Gasteiger partial charge < -0.3 is 5.73 Å². The summed E-state index contributed by atoms with van der Waals surface area (Å²) in [5.74, 6) is 0.580. The fourth-order valence-electron chi connectivity index (χ4n) is 1.61. The maximum atomic E-state index is 10.5. The average molecular weight is 156 g/mol. The summed E-state index contributed by atoms with van der Waals surface area (Å²) in [5.41, 5.74) is 5.08. The highest BCUT2D eigenvalue weighted by Gasteiger charge is 2.21. The molecular weight excluding hydrogens is 140 g/mol. The van der Waals surface area contributed by atoms with Crippen LogP contribution in [-0.4, -0.2) is 30.4 Å². The van der Waals surface area contributed by atoms with Crippen LogP contribution in [0.3, 0.4) is 0 Å². The first-order chi connectivity index (χ1) is 5.22. The van der Waals surface area contributed by atoms with Crippen molar-refractivity contribution in [2.24, 2.45) is 11.7 Å². The molecule has 0 spiro atoms. The maximum Gasteiger partial charge on any atom is 0.231 e. The predicted molar refractivity (Wildman–Crippen MR) is 44.0 cm³/mol. The zero-order valence-electron chi connectivity index (χ0n) is 7.05. The Bertz CT molecular complexity index is 147. The molecule has 1 rings (SSSR count). The molecule has 0 bridgehead atoms. The van der Waals surface area contributed by atoms with Crippen LogP contribution in [-0.2, 0) is 4.79 Å². The molecule has 0 aromatic heterocycles. The van der Waals surface area contributed by atoms with Gasteiger partial charge in [0.1, 0.15) is 0 Å². The van der Waals surface area contributed by atoms with Crippen LogP contribution >= 0.6 is 0 Å². The first-order valence-corrected chi connectivity index (χ1v) is 4.23. The lowest BCUT2D eigenvalue weighted by molar-refractivity contribution is -0.118. The molecule has 1 aliphatic heterocycles. The monoisotopic (exact) mass is 156 g/mol. The van der Waals surface area contributed by atoms with Gasteiger partial charge in [-0.3, -0.25) is 9.69 Å². The quantitative estimate of drug-likeness (QED) is 0.634. The van der Waals surface area contributed by atoms with Crippen molar-refractivity contribution in [1.29, 1.82) is 0 Å². The number of nitrogens with zero attached hydrogens (tertiary/aromatic N) is 1. The van der Waals surface area contributed by atoms with Crippen molar-refractivity contribution in [2.75, 3.05) is 19.6 Å². The van der Waals surface area contributed by atoms with Crippen LogP contribution in [0, 0.1) is 5.92 Å². The van der Waals surface area contributed by atoms with Crippen molar-refractivity contribution in [2.45, 2.75) is 19.8 Å². The van der Waals surface area contributed by atoms with E-state index in [1.54, 1.807) is 0 Å². The molecule has 1 heterocycles. The van der Waals surface area contributed by atoms with Crippen LogP contribution in [0.1, 0.15) is 19.8 Å². The Hall–Kier alpha value is -0.570. The van der Waals surface area contributed by atoms with E-state index in [0.29, 0.717) is 6.54 Å². The first kappa shape index (κ1) is 8.53. The van der Waals surface area contributed by atoms with Crippen molar-refractivity contribution in [3.8, 4) is 0 Å². The van der Waals surface area contributed by atoms with Gasteiger partial charge >= 0.3 is 0 Å². The summed E-state index contributed by atoms with van der Waals surface area (Å²) in [7, 11) is 0. The van der Waals surface area contributed by atoms with Gasteiger partial charge in [-0.05, 0) is 18.9 Å². The van der Waals surface area contributed by atoms with Crippen molar-refractivity contribution in [3.05, 3.63) is 0 Å². The molecular formula is C8H16N2O. The van der Waals surface area contributed by atoms with Crippen LogP contribution in [0.5, 0.6) is 0 Å². The van der Waals surface area contributed by atoms with Gasteiger partial charge in [-0.25, -0.2) is 0 Å². The smallest absolute Gasteiger partial charge is 0.231 e. The van der Waals surface area contributed by atoms with Gasteiger partial charge in [0.25, 0.3) is 0 Å². The van der Waals surface area contributed by atoms with Crippen LogP contribution in [0.4, 0.5) is 0 Å². The molecule has 0 saturated carbocycles. The molecule has 1 aliphatic rings. The van der Waals surface area contributed by atoms with Crippen LogP contribution < -0.4 is 5.73 Å². The van der Waals surface area contributed by atoms with Gasteiger partial charge in [-0.2, -0.15) is 0 Å². The summed E-state index contributed by atoms with van der Waals surface area (Å²) in [6.45, 7) is 4.73. The van der Waals surface area contributed by atoms with Crippen molar-refractivity contribution in [1.82, 2.24) is 4.90 Å². The molecule has 64 valence electrons. The van der Waals surface area contributed by atoms with Crippen molar-refractivity contribution >= 4 is 5.91 Å². The Morgan fingerprint density at radius 1 is 1.73 bits per heavy atom. The normalized spacial score (nSPS) is 25.7. The minimum absolute atomic E-state index is 0.207. The third-order valence-corrected chi connectivity index (χ3v) is 2.33.